The number of rotatable bonds is 8. The largest absolute Gasteiger partial charge is 0.497 e. The van der Waals surface area contributed by atoms with Crippen LogP contribution in [0.25, 0.3) is 32.8 Å². The van der Waals surface area contributed by atoms with Crippen molar-refractivity contribution in [2.75, 3.05) is 13.7 Å². The van der Waals surface area contributed by atoms with Crippen LogP contribution in [-0.2, 0) is 24.3 Å². The summed E-state index contributed by atoms with van der Waals surface area (Å²) in [5, 5.41) is 6.61. The molecule has 0 atom stereocenters. The van der Waals surface area contributed by atoms with E-state index in [2.05, 4.69) is 72.2 Å². The standard InChI is InChI=1S/C30H29N3O2/c1-35-25-9-4-6-21(16-25)18-32-30(34)20-33-19-24(14-15-31)28-17-23(12-13-29(28)33)27-11-5-8-22-7-2-3-10-26(22)27/h2-13,16-17,19H,14-15,18,20,31H2,1H3,(H,32,34). The van der Waals surface area contributed by atoms with Crippen molar-refractivity contribution < 1.29 is 9.53 Å². The lowest BCUT2D eigenvalue weighted by Gasteiger charge is -2.10. The quantitative estimate of drug-likeness (QED) is 0.329. The molecule has 176 valence electrons. The number of carbonyl (C=O) groups excluding carboxylic acids is 1. The van der Waals surface area contributed by atoms with E-state index in [1.807, 2.05) is 28.8 Å². The van der Waals surface area contributed by atoms with Crippen LogP contribution in [0.15, 0.2) is 91.1 Å². The zero-order valence-electron chi connectivity index (χ0n) is 19.8. The van der Waals surface area contributed by atoms with Crippen LogP contribution in [0.3, 0.4) is 0 Å². The van der Waals surface area contributed by atoms with Crippen molar-refractivity contribution in [1.29, 1.82) is 0 Å². The molecular weight excluding hydrogens is 434 g/mol. The molecule has 0 aliphatic rings. The van der Waals surface area contributed by atoms with Gasteiger partial charge in [-0.15, -0.1) is 0 Å². The third-order valence-corrected chi connectivity index (χ3v) is 6.42. The number of hydrogen-bond donors (Lipinski definition) is 2. The SMILES string of the molecule is COc1cccc(CNC(=O)Cn2cc(CCN)c3cc(-c4cccc5ccccc45)ccc32)c1. The molecular formula is C30H29N3O2. The number of benzene rings is 4. The van der Waals surface area contributed by atoms with Gasteiger partial charge in [-0.05, 0) is 70.3 Å². The number of hydrogen-bond acceptors (Lipinski definition) is 3. The Morgan fingerprint density at radius 1 is 0.943 bits per heavy atom. The summed E-state index contributed by atoms with van der Waals surface area (Å²) < 4.78 is 7.29. The van der Waals surface area contributed by atoms with Crippen LogP contribution in [-0.4, -0.2) is 24.1 Å². The van der Waals surface area contributed by atoms with Gasteiger partial charge in [0.25, 0.3) is 0 Å². The maximum absolute atomic E-state index is 12.8. The molecule has 0 fully saturated rings. The molecule has 0 aliphatic heterocycles. The number of carbonyl (C=O) groups is 1. The van der Waals surface area contributed by atoms with Gasteiger partial charge in [0.05, 0.1) is 7.11 Å². The second kappa shape index (κ2) is 10.0. The van der Waals surface area contributed by atoms with Gasteiger partial charge in [-0.2, -0.15) is 0 Å². The number of nitrogens with two attached hydrogens (primary N) is 1. The average molecular weight is 464 g/mol. The predicted octanol–water partition coefficient (Wildman–Crippen LogP) is 5.29. The fourth-order valence-corrected chi connectivity index (χ4v) is 4.69. The molecule has 0 unspecified atom stereocenters. The molecule has 3 N–H and O–H groups in total. The maximum atomic E-state index is 12.8. The van der Waals surface area contributed by atoms with E-state index >= 15 is 0 Å². The van der Waals surface area contributed by atoms with E-state index in [4.69, 9.17) is 10.5 Å². The first-order chi connectivity index (χ1) is 17.2. The van der Waals surface area contributed by atoms with Crippen molar-refractivity contribution in [3.05, 3.63) is 102 Å². The fraction of sp³-hybridized carbons (Fsp3) is 0.167. The number of fused-ring (bicyclic) bond motifs is 2. The Morgan fingerprint density at radius 2 is 1.77 bits per heavy atom. The summed E-state index contributed by atoms with van der Waals surface area (Å²) in [6.07, 6.45) is 2.82. The van der Waals surface area contributed by atoms with Crippen molar-refractivity contribution in [3.8, 4) is 16.9 Å². The van der Waals surface area contributed by atoms with Crippen LogP contribution in [0.5, 0.6) is 5.75 Å². The number of nitrogens with one attached hydrogen (secondary N) is 1. The molecule has 35 heavy (non-hydrogen) atoms. The smallest absolute Gasteiger partial charge is 0.240 e. The summed E-state index contributed by atoms with van der Waals surface area (Å²) in [5.41, 5.74) is 11.5. The van der Waals surface area contributed by atoms with E-state index in [-0.39, 0.29) is 12.5 Å². The van der Waals surface area contributed by atoms with Gasteiger partial charge < -0.3 is 20.4 Å². The van der Waals surface area contributed by atoms with E-state index in [0.29, 0.717) is 13.1 Å². The lowest BCUT2D eigenvalue weighted by atomic mass is 9.96. The molecule has 5 rings (SSSR count). The molecule has 0 saturated carbocycles. The topological polar surface area (TPSA) is 69.3 Å². The molecule has 0 saturated heterocycles. The first kappa shape index (κ1) is 22.7. The highest BCUT2D eigenvalue weighted by molar-refractivity contribution is 5.99. The Labute approximate surface area is 205 Å². The third-order valence-electron chi connectivity index (χ3n) is 6.42. The molecule has 0 bridgehead atoms. The highest BCUT2D eigenvalue weighted by Crippen LogP contribution is 2.32. The van der Waals surface area contributed by atoms with Crippen LogP contribution in [0.1, 0.15) is 11.1 Å². The minimum atomic E-state index is -0.0397. The predicted molar refractivity (Wildman–Crippen MR) is 142 cm³/mol. The van der Waals surface area contributed by atoms with Crippen LogP contribution < -0.4 is 15.8 Å². The van der Waals surface area contributed by atoms with Gasteiger partial charge in [0.2, 0.25) is 5.91 Å². The van der Waals surface area contributed by atoms with Gasteiger partial charge in [0.15, 0.2) is 0 Å². The fourth-order valence-electron chi connectivity index (χ4n) is 4.69. The van der Waals surface area contributed by atoms with Gasteiger partial charge in [-0.3, -0.25) is 4.79 Å². The summed E-state index contributed by atoms with van der Waals surface area (Å²) in [7, 11) is 1.64. The number of nitrogens with zero attached hydrogens (tertiary/aromatic N) is 1. The molecule has 0 radical (unpaired) electrons. The minimum absolute atomic E-state index is 0.0397. The zero-order chi connectivity index (χ0) is 24.2. The summed E-state index contributed by atoms with van der Waals surface area (Å²) in [6.45, 7) is 1.26. The molecule has 4 aromatic carbocycles. The Balaban J connectivity index is 1.42. The molecule has 0 spiro atoms. The Bertz CT molecular complexity index is 1500. The van der Waals surface area contributed by atoms with E-state index < -0.39 is 0 Å². The van der Waals surface area contributed by atoms with Crippen molar-refractivity contribution in [2.24, 2.45) is 5.73 Å². The summed E-state index contributed by atoms with van der Waals surface area (Å²) >= 11 is 0. The van der Waals surface area contributed by atoms with Gasteiger partial charge in [-0.1, -0.05) is 60.7 Å². The average Bonchev–Trinajstić information content (AvgIpc) is 3.23. The summed E-state index contributed by atoms with van der Waals surface area (Å²) in [4.78, 5) is 12.8. The molecule has 1 aromatic heterocycles. The molecule has 1 amide bonds. The van der Waals surface area contributed by atoms with E-state index in [9.17, 15) is 4.79 Å². The number of aromatic nitrogens is 1. The van der Waals surface area contributed by atoms with Gasteiger partial charge in [0, 0.05) is 23.6 Å². The van der Waals surface area contributed by atoms with E-state index in [1.54, 1.807) is 7.11 Å². The second-order valence-electron chi connectivity index (χ2n) is 8.71. The van der Waals surface area contributed by atoms with Crippen LogP contribution in [0.2, 0.25) is 0 Å². The zero-order valence-corrected chi connectivity index (χ0v) is 19.8. The van der Waals surface area contributed by atoms with Crippen LogP contribution in [0.4, 0.5) is 0 Å². The monoisotopic (exact) mass is 463 g/mol. The molecule has 0 aliphatic carbocycles. The van der Waals surface area contributed by atoms with Crippen molar-refractivity contribution >= 4 is 27.6 Å². The first-order valence-corrected chi connectivity index (χ1v) is 11.9. The van der Waals surface area contributed by atoms with Crippen molar-refractivity contribution in [3.63, 3.8) is 0 Å². The normalized spacial score (nSPS) is 11.1. The van der Waals surface area contributed by atoms with Gasteiger partial charge >= 0.3 is 0 Å². The number of ether oxygens (including phenoxy) is 1. The lowest BCUT2D eigenvalue weighted by molar-refractivity contribution is -0.121. The highest BCUT2D eigenvalue weighted by Gasteiger charge is 2.13. The van der Waals surface area contributed by atoms with Crippen LogP contribution >= 0.6 is 0 Å². The van der Waals surface area contributed by atoms with E-state index in [0.717, 1.165) is 39.8 Å². The van der Waals surface area contributed by atoms with E-state index in [1.165, 1.54) is 16.3 Å². The maximum Gasteiger partial charge on any atom is 0.240 e. The van der Waals surface area contributed by atoms with Crippen LogP contribution in [0, 0.1) is 0 Å². The summed E-state index contributed by atoms with van der Waals surface area (Å²) in [6, 6.07) is 29.0. The molecule has 5 nitrogen and oxygen atoms in total. The van der Waals surface area contributed by atoms with Crippen molar-refractivity contribution in [1.82, 2.24) is 9.88 Å². The van der Waals surface area contributed by atoms with Crippen molar-refractivity contribution in [2.45, 2.75) is 19.5 Å². The van der Waals surface area contributed by atoms with Gasteiger partial charge in [-0.25, -0.2) is 0 Å². The Hall–Kier alpha value is -4.09. The van der Waals surface area contributed by atoms with Gasteiger partial charge in [0.1, 0.15) is 12.3 Å². The third kappa shape index (κ3) is 4.77. The molecule has 5 heteroatoms. The number of methoxy groups -OCH3 is 1. The minimum Gasteiger partial charge on any atom is -0.497 e. The molecule has 5 aromatic rings. The first-order valence-electron chi connectivity index (χ1n) is 11.9. The lowest BCUT2D eigenvalue weighted by Crippen LogP contribution is -2.26. The molecule has 1 heterocycles. The highest BCUT2D eigenvalue weighted by atomic mass is 16.5. The summed E-state index contributed by atoms with van der Waals surface area (Å²) in [5.74, 6) is 0.740. The second-order valence-corrected chi connectivity index (χ2v) is 8.71. The number of amides is 1. The Morgan fingerprint density at radius 3 is 2.63 bits per heavy atom. The Kier molecular flexibility index (Phi) is 6.51.